The van der Waals surface area contributed by atoms with E-state index >= 15 is 0 Å². The maximum absolute atomic E-state index is 13.4. The summed E-state index contributed by atoms with van der Waals surface area (Å²) in [6.45, 7) is 4.68. The number of aromatic amines is 1. The van der Waals surface area contributed by atoms with Crippen LogP contribution in [0.25, 0.3) is 0 Å². The summed E-state index contributed by atoms with van der Waals surface area (Å²) in [6.07, 6.45) is 0.644. The monoisotopic (exact) mass is 493 g/mol. The van der Waals surface area contributed by atoms with E-state index < -0.39 is 0 Å². The van der Waals surface area contributed by atoms with Gasteiger partial charge in [0.05, 0.1) is 17.1 Å². The number of ether oxygens (including phenoxy) is 1. The van der Waals surface area contributed by atoms with E-state index in [2.05, 4.69) is 4.98 Å². The minimum absolute atomic E-state index is 0.0684. The van der Waals surface area contributed by atoms with Crippen LogP contribution >= 0.6 is 11.6 Å². The first kappa shape index (κ1) is 24.5. The van der Waals surface area contributed by atoms with Gasteiger partial charge in [0.25, 0.3) is 17.4 Å². The van der Waals surface area contributed by atoms with E-state index in [-0.39, 0.29) is 35.5 Å². The van der Waals surface area contributed by atoms with Gasteiger partial charge in [0, 0.05) is 37.5 Å². The highest BCUT2D eigenvalue weighted by atomic mass is 35.5. The fourth-order valence-electron chi connectivity index (χ4n) is 4.25. The van der Waals surface area contributed by atoms with Gasteiger partial charge in [0.2, 0.25) is 0 Å². The van der Waals surface area contributed by atoms with E-state index in [1.165, 1.54) is 4.90 Å². The molecule has 2 aromatic carbocycles. The lowest BCUT2D eigenvalue weighted by molar-refractivity contribution is 0.0725. The van der Waals surface area contributed by atoms with Crippen LogP contribution in [-0.2, 0) is 19.6 Å². The fraction of sp³-hybridized carbons (Fsp3) is 0.296. The molecule has 0 atom stereocenters. The van der Waals surface area contributed by atoms with E-state index in [1.807, 2.05) is 38.1 Å². The average Bonchev–Trinajstić information content (AvgIpc) is 2.81. The molecule has 2 amide bonds. The molecule has 0 spiro atoms. The van der Waals surface area contributed by atoms with Crippen molar-refractivity contribution in [3.63, 3.8) is 0 Å². The van der Waals surface area contributed by atoms with E-state index in [0.29, 0.717) is 35.4 Å². The summed E-state index contributed by atoms with van der Waals surface area (Å²) in [5.74, 6) is 0.132. The van der Waals surface area contributed by atoms with Crippen LogP contribution in [0.1, 0.15) is 48.7 Å². The van der Waals surface area contributed by atoms with Gasteiger partial charge in [0.1, 0.15) is 12.4 Å². The molecule has 1 aliphatic heterocycles. The fourth-order valence-corrected chi connectivity index (χ4v) is 4.57. The Kier molecular flexibility index (Phi) is 6.98. The molecule has 8 heteroatoms. The van der Waals surface area contributed by atoms with Crippen LogP contribution in [0.15, 0.2) is 47.3 Å². The Hall–Kier alpha value is -3.58. The largest absolute Gasteiger partial charge is 0.487 e. The van der Waals surface area contributed by atoms with Crippen LogP contribution in [0.5, 0.6) is 5.75 Å². The maximum atomic E-state index is 13.4. The second kappa shape index (κ2) is 9.96. The summed E-state index contributed by atoms with van der Waals surface area (Å²) in [6, 6.07) is 12.7. The summed E-state index contributed by atoms with van der Waals surface area (Å²) < 4.78 is 5.94. The topological polar surface area (TPSA) is 82.7 Å². The van der Waals surface area contributed by atoms with Crippen LogP contribution in [0.2, 0.25) is 5.02 Å². The number of benzene rings is 2. The molecule has 3 aromatic rings. The summed E-state index contributed by atoms with van der Waals surface area (Å²) in [5, 5.41) is 0.270. The van der Waals surface area contributed by atoms with Crippen molar-refractivity contribution in [3.05, 3.63) is 96.9 Å². The molecule has 1 N–H and O–H groups in total. The molecule has 182 valence electrons. The molecule has 0 bridgehead atoms. The van der Waals surface area contributed by atoms with Gasteiger partial charge in [-0.2, -0.15) is 0 Å². The summed E-state index contributed by atoms with van der Waals surface area (Å²) in [5.41, 5.74) is 4.79. The molecule has 4 rings (SSSR count). The number of nitrogens with one attached hydrogen (secondary N) is 1. The second-order valence-corrected chi connectivity index (χ2v) is 9.39. The molecule has 7 nitrogen and oxygen atoms in total. The van der Waals surface area contributed by atoms with Gasteiger partial charge in [-0.05, 0) is 61.2 Å². The van der Waals surface area contributed by atoms with Gasteiger partial charge in [-0.3, -0.25) is 14.4 Å². The van der Waals surface area contributed by atoms with Gasteiger partial charge in [0.15, 0.2) is 0 Å². The zero-order chi connectivity index (χ0) is 25.3. The Balaban J connectivity index is 1.51. The van der Waals surface area contributed by atoms with Gasteiger partial charge in [-0.1, -0.05) is 29.8 Å². The predicted octanol–water partition coefficient (Wildman–Crippen LogP) is 4.12. The van der Waals surface area contributed by atoms with E-state index in [0.717, 1.165) is 22.4 Å². The molecule has 0 saturated heterocycles. The zero-order valence-corrected chi connectivity index (χ0v) is 21.0. The van der Waals surface area contributed by atoms with Crippen LogP contribution < -0.4 is 10.3 Å². The van der Waals surface area contributed by atoms with Crippen molar-refractivity contribution < 1.29 is 14.3 Å². The first-order valence-electron chi connectivity index (χ1n) is 11.4. The van der Waals surface area contributed by atoms with Gasteiger partial charge in [-0.25, -0.2) is 0 Å². The number of amides is 2. The third-order valence-corrected chi connectivity index (χ3v) is 6.56. The number of rotatable bonds is 6. The van der Waals surface area contributed by atoms with E-state index in [1.54, 1.807) is 37.2 Å². The van der Waals surface area contributed by atoms with Gasteiger partial charge in [-0.15, -0.1) is 0 Å². The third-order valence-electron chi connectivity index (χ3n) is 6.19. The number of carbonyl (C=O) groups is 2. The van der Waals surface area contributed by atoms with Crippen LogP contribution in [0.4, 0.5) is 0 Å². The molecule has 2 heterocycles. The first-order chi connectivity index (χ1) is 16.7. The molecular weight excluding hydrogens is 466 g/mol. The average molecular weight is 494 g/mol. The minimum Gasteiger partial charge on any atom is -0.487 e. The van der Waals surface area contributed by atoms with E-state index in [9.17, 15) is 14.4 Å². The lowest BCUT2D eigenvalue weighted by Gasteiger charge is -2.30. The Labute approximate surface area is 209 Å². The maximum Gasteiger partial charge on any atom is 0.256 e. The molecule has 1 aliphatic rings. The third kappa shape index (κ3) is 5.10. The molecule has 0 aliphatic carbocycles. The number of carbonyl (C=O) groups excluding carboxylic acids is 2. The number of halogens is 1. The molecular formula is C27H28ClN3O4. The molecule has 0 radical (unpaired) electrons. The highest BCUT2D eigenvalue weighted by molar-refractivity contribution is 6.35. The quantitative estimate of drug-likeness (QED) is 0.560. The van der Waals surface area contributed by atoms with Gasteiger partial charge < -0.3 is 19.5 Å². The molecule has 0 saturated carbocycles. The molecule has 0 unspecified atom stereocenters. The SMILES string of the molecule is Cc1cc(C)c(CN2CCc3ccc(OCc4ccc(C(=O)N(C)C)cc4)c(Cl)c3C2=O)c(=O)[nH]1. The van der Waals surface area contributed by atoms with Crippen molar-refractivity contribution in [2.45, 2.75) is 33.4 Å². The molecule has 35 heavy (non-hydrogen) atoms. The number of hydrogen-bond donors (Lipinski definition) is 1. The Morgan fingerprint density at radius 1 is 1.11 bits per heavy atom. The highest BCUT2D eigenvalue weighted by Crippen LogP contribution is 2.35. The first-order valence-corrected chi connectivity index (χ1v) is 11.8. The van der Waals surface area contributed by atoms with Crippen molar-refractivity contribution >= 4 is 23.4 Å². The number of nitrogens with zero attached hydrogens (tertiary/aromatic N) is 2. The highest BCUT2D eigenvalue weighted by Gasteiger charge is 2.29. The Morgan fingerprint density at radius 3 is 2.49 bits per heavy atom. The van der Waals surface area contributed by atoms with Gasteiger partial charge >= 0.3 is 0 Å². The number of hydrogen-bond acceptors (Lipinski definition) is 4. The standard InChI is InChI=1S/C27H28ClN3O4/c1-16-13-17(2)29-25(32)21(16)14-31-12-11-19-9-10-22(24(28)23(19)27(31)34)35-15-18-5-7-20(8-6-18)26(33)30(3)4/h5-10,13H,11-12,14-15H2,1-4H3,(H,29,32). The zero-order valence-electron chi connectivity index (χ0n) is 20.3. The second-order valence-electron chi connectivity index (χ2n) is 9.02. The molecule has 1 aromatic heterocycles. The minimum atomic E-state index is -0.215. The summed E-state index contributed by atoms with van der Waals surface area (Å²) in [4.78, 5) is 43.9. The van der Waals surface area contributed by atoms with Crippen molar-refractivity contribution in [1.82, 2.24) is 14.8 Å². The number of pyridine rings is 1. The molecule has 0 fully saturated rings. The summed E-state index contributed by atoms with van der Waals surface area (Å²) in [7, 11) is 3.42. The summed E-state index contributed by atoms with van der Waals surface area (Å²) >= 11 is 6.65. The van der Waals surface area contributed by atoms with Crippen molar-refractivity contribution in [2.75, 3.05) is 20.6 Å². The lowest BCUT2D eigenvalue weighted by Crippen LogP contribution is -2.39. The Morgan fingerprint density at radius 2 is 1.83 bits per heavy atom. The number of fused-ring (bicyclic) bond motifs is 1. The van der Waals surface area contributed by atoms with Crippen molar-refractivity contribution in [3.8, 4) is 5.75 Å². The lowest BCUT2D eigenvalue weighted by atomic mass is 9.97. The van der Waals surface area contributed by atoms with Crippen molar-refractivity contribution in [1.29, 1.82) is 0 Å². The number of aryl methyl sites for hydroxylation is 2. The number of H-pyrrole nitrogens is 1. The Bertz CT molecular complexity index is 1350. The smallest absolute Gasteiger partial charge is 0.256 e. The van der Waals surface area contributed by atoms with Crippen LogP contribution in [0, 0.1) is 13.8 Å². The van der Waals surface area contributed by atoms with E-state index in [4.69, 9.17) is 16.3 Å². The van der Waals surface area contributed by atoms with Crippen LogP contribution in [-0.4, -0.2) is 47.2 Å². The predicted molar refractivity (Wildman–Crippen MR) is 135 cm³/mol. The normalized spacial score (nSPS) is 12.9. The van der Waals surface area contributed by atoms with Crippen molar-refractivity contribution in [2.24, 2.45) is 0 Å². The van der Waals surface area contributed by atoms with Crippen LogP contribution in [0.3, 0.4) is 0 Å². The number of aromatic nitrogens is 1.